The van der Waals surface area contributed by atoms with Crippen molar-refractivity contribution >= 4 is 34.6 Å². The highest BCUT2D eigenvalue weighted by molar-refractivity contribution is 6.51. The van der Waals surface area contributed by atoms with Gasteiger partial charge in [-0.1, -0.05) is 48.5 Å². The Morgan fingerprint density at radius 2 is 1.60 bits per heavy atom. The number of anilines is 2. The largest absolute Gasteiger partial charge is 0.497 e. The van der Waals surface area contributed by atoms with Gasteiger partial charge in [-0.3, -0.25) is 0 Å². The topological polar surface area (TPSA) is 76.3 Å². The summed E-state index contributed by atoms with van der Waals surface area (Å²) in [5.41, 5.74) is 5.17. The Morgan fingerprint density at radius 3 is 2.38 bits per heavy atom. The van der Waals surface area contributed by atoms with E-state index in [1.807, 2.05) is 95.4 Å². The van der Waals surface area contributed by atoms with Crippen molar-refractivity contribution in [3.05, 3.63) is 120 Å². The van der Waals surface area contributed by atoms with Gasteiger partial charge in [0.15, 0.2) is 17.5 Å². The molecule has 2 aliphatic rings. The summed E-state index contributed by atoms with van der Waals surface area (Å²) >= 11 is 0. The average Bonchev–Trinajstić information content (AvgIpc) is 3.37. The summed E-state index contributed by atoms with van der Waals surface area (Å²) in [7, 11) is 3.21. The Labute approximate surface area is 242 Å². The van der Waals surface area contributed by atoms with Crippen LogP contribution >= 0.6 is 0 Å². The van der Waals surface area contributed by atoms with Gasteiger partial charge in [-0.2, -0.15) is 5.10 Å². The Bertz CT molecular complexity index is 1880. The molecule has 0 saturated heterocycles. The molecule has 1 unspecified atom stereocenters. The van der Waals surface area contributed by atoms with Gasteiger partial charge in [0, 0.05) is 17.2 Å². The van der Waals surface area contributed by atoms with E-state index in [1.165, 1.54) is 6.07 Å². The van der Waals surface area contributed by atoms with Crippen LogP contribution in [-0.4, -0.2) is 35.7 Å². The summed E-state index contributed by atoms with van der Waals surface area (Å²) in [5.74, 6) is 2.57. The number of aliphatic imine (C=N–C) groups is 2. The van der Waals surface area contributed by atoms with Gasteiger partial charge < -0.3 is 19.7 Å². The number of aromatic nitrogens is 2. The maximum absolute atomic E-state index is 15.7. The lowest BCUT2D eigenvalue weighted by Gasteiger charge is -2.40. The predicted octanol–water partition coefficient (Wildman–Crippen LogP) is 7.13. The molecule has 2 aliphatic heterocycles. The van der Waals surface area contributed by atoms with E-state index in [9.17, 15) is 0 Å². The fourth-order valence-electron chi connectivity index (χ4n) is 5.57. The summed E-state index contributed by atoms with van der Waals surface area (Å²) in [5, 5.41) is 8.35. The van der Waals surface area contributed by atoms with Crippen LogP contribution in [0.25, 0.3) is 5.69 Å². The second-order valence-electron chi connectivity index (χ2n) is 9.94. The summed E-state index contributed by atoms with van der Waals surface area (Å²) < 4.78 is 28.6. The maximum Gasteiger partial charge on any atom is 0.179 e. The first-order valence-corrected chi connectivity index (χ1v) is 13.5. The minimum absolute atomic E-state index is 0.312. The average molecular weight is 559 g/mol. The van der Waals surface area contributed by atoms with E-state index in [0.29, 0.717) is 40.2 Å². The zero-order valence-electron chi connectivity index (χ0n) is 23.2. The third kappa shape index (κ3) is 4.09. The maximum atomic E-state index is 15.7. The standard InChI is InChI=1S/C33H27FN6O2/c1-20-29-30(23-13-7-8-14-24(23)34)39-27-16-10-9-15-25(27)35-31(36-26-18-17-22(41-2)19-28(26)42-3)33(39)37-32(29)40(38-20)21-11-5-4-6-12-21/h4-19,30H,1-3H3,(H,35,36). The van der Waals surface area contributed by atoms with Gasteiger partial charge in [-0.25, -0.2) is 19.1 Å². The number of fused-ring (bicyclic) bond motifs is 4. The predicted molar refractivity (Wildman–Crippen MR) is 163 cm³/mol. The van der Waals surface area contributed by atoms with Gasteiger partial charge in [0.25, 0.3) is 0 Å². The molecule has 0 spiro atoms. The third-order valence-corrected chi connectivity index (χ3v) is 7.50. The van der Waals surface area contributed by atoms with Crippen molar-refractivity contribution < 1.29 is 13.9 Å². The van der Waals surface area contributed by atoms with E-state index in [2.05, 4.69) is 5.32 Å². The zero-order chi connectivity index (χ0) is 28.8. The van der Waals surface area contributed by atoms with Crippen molar-refractivity contribution in [3.63, 3.8) is 0 Å². The van der Waals surface area contributed by atoms with Gasteiger partial charge >= 0.3 is 0 Å². The first-order valence-electron chi connectivity index (χ1n) is 13.5. The molecule has 9 heteroatoms. The number of para-hydroxylation sites is 3. The first kappa shape index (κ1) is 25.5. The van der Waals surface area contributed by atoms with E-state index in [4.69, 9.17) is 24.6 Å². The molecule has 0 aliphatic carbocycles. The Hall–Kier alpha value is -5.44. The fraction of sp³-hybridized carbons (Fsp3) is 0.121. The molecular weight excluding hydrogens is 531 g/mol. The number of nitrogens with zero attached hydrogens (tertiary/aromatic N) is 5. The van der Waals surface area contributed by atoms with Crippen molar-refractivity contribution in [2.75, 3.05) is 24.4 Å². The number of amidine groups is 2. The summed E-state index contributed by atoms with van der Waals surface area (Å²) in [6, 6.07) is 29.4. The lowest BCUT2D eigenvalue weighted by Crippen LogP contribution is -2.46. The van der Waals surface area contributed by atoms with Gasteiger partial charge in [-0.15, -0.1) is 0 Å². The van der Waals surface area contributed by atoms with Crippen LogP contribution in [0.4, 0.5) is 27.3 Å². The minimum atomic E-state index is -0.558. The van der Waals surface area contributed by atoms with Gasteiger partial charge in [0.05, 0.1) is 48.7 Å². The second-order valence-corrected chi connectivity index (χ2v) is 9.94. The van der Waals surface area contributed by atoms with Gasteiger partial charge in [-0.05, 0) is 49.4 Å². The molecule has 208 valence electrons. The first-order chi connectivity index (χ1) is 20.6. The monoisotopic (exact) mass is 558 g/mol. The van der Waals surface area contributed by atoms with E-state index < -0.39 is 6.04 Å². The lowest BCUT2D eigenvalue weighted by atomic mass is 9.93. The molecule has 42 heavy (non-hydrogen) atoms. The molecule has 0 bridgehead atoms. The Balaban J connectivity index is 1.49. The van der Waals surface area contributed by atoms with Crippen molar-refractivity contribution in [1.29, 1.82) is 0 Å². The lowest BCUT2D eigenvalue weighted by molar-refractivity contribution is 0.395. The van der Waals surface area contributed by atoms with Gasteiger partial charge in [0.2, 0.25) is 0 Å². The number of hydrogen-bond acceptors (Lipinski definition) is 7. The number of aryl methyl sites for hydroxylation is 1. The minimum Gasteiger partial charge on any atom is -0.497 e. The van der Waals surface area contributed by atoms with Crippen LogP contribution in [-0.2, 0) is 0 Å². The molecule has 0 fully saturated rings. The van der Waals surface area contributed by atoms with Crippen LogP contribution < -0.4 is 19.7 Å². The number of methoxy groups -OCH3 is 2. The molecule has 3 heterocycles. The van der Waals surface area contributed by atoms with Crippen molar-refractivity contribution in [3.8, 4) is 17.2 Å². The highest BCUT2D eigenvalue weighted by Crippen LogP contribution is 2.48. The number of nitrogens with one attached hydrogen (secondary N) is 1. The van der Waals surface area contributed by atoms with E-state index in [1.54, 1.807) is 26.4 Å². The molecule has 0 amide bonds. The highest BCUT2D eigenvalue weighted by Gasteiger charge is 2.42. The van der Waals surface area contributed by atoms with Crippen LogP contribution in [0.2, 0.25) is 0 Å². The number of hydrogen-bond donors (Lipinski definition) is 1. The van der Waals surface area contributed by atoms with Crippen molar-refractivity contribution in [2.24, 2.45) is 9.98 Å². The number of halogens is 1. The van der Waals surface area contributed by atoms with Crippen LogP contribution in [0, 0.1) is 12.7 Å². The third-order valence-electron chi connectivity index (χ3n) is 7.50. The molecule has 0 saturated carbocycles. The molecule has 1 N–H and O–H groups in total. The quantitative estimate of drug-likeness (QED) is 0.248. The summed E-state index contributed by atoms with van der Waals surface area (Å²) in [6.45, 7) is 1.94. The molecule has 4 aromatic carbocycles. The number of rotatable bonds is 5. The summed E-state index contributed by atoms with van der Waals surface area (Å²) in [4.78, 5) is 12.2. The molecule has 1 atom stereocenters. The van der Waals surface area contributed by atoms with Crippen LogP contribution in [0.1, 0.15) is 22.9 Å². The zero-order valence-corrected chi connectivity index (χ0v) is 23.2. The molecule has 0 radical (unpaired) electrons. The smallest absolute Gasteiger partial charge is 0.179 e. The molecule has 1 aromatic heterocycles. The molecular formula is C33H27FN6O2. The van der Waals surface area contributed by atoms with E-state index in [-0.39, 0.29) is 5.82 Å². The number of ether oxygens (including phenoxy) is 2. The molecule has 8 nitrogen and oxygen atoms in total. The van der Waals surface area contributed by atoms with Crippen LogP contribution in [0.5, 0.6) is 11.5 Å². The van der Waals surface area contributed by atoms with Crippen LogP contribution in [0.15, 0.2) is 107 Å². The SMILES string of the molecule is COc1ccc(NC2=Nc3ccccc3N3C2=Nc2c(c(C)nn2-c2ccccc2)C3c2ccccc2F)c(OC)c1. The molecule has 5 aromatic rings. The van der Waals surface area contributed by atoms with Gasteiger partial charge in [0.1, 0.15) is 17.3 Å². The number of benzene rings is 4. The normalized spacial score (nSPS) is 15.1. The fourth-order valence-corrected chi connectivity index (χ4v) is 5.57. The van der Waals surface area contributed by atoms with E-state index >= 15 is 4.39 Å². The summed E-state index contributed by atoms with van der Waals surface area (Å²) in [6.07, 6.45) is 0. The Kier molecular flexibility index (Phi) is 6.19. The van der Waals surface area contributed by atoms with E-state index in [0.717, 1.165) is 28.3 Å². The second kappa shape index (κ2) is 10.2. The molecule has 7 rings (SSSR count). The van der Waals surface area contributed by atoms with Crippen LogP contribution in [0.3, 0.4) is 0 Å². The van der Waals surface area contributed by atoms with Crippen molar-refractivity contribution in [1.82, 2.24) is 9.78 Å². The Morgan fingerprint density at radius 1 is 0.833 bits per heavy atom. The highest BCUT2D eigenvalue weighted by atomic mass is 19.1. The van der Waals surface area contributed by atoms with Crippen molar-refractivity contribution in [2.45, 2.75) is 13.0 Å².